The molecule has 5 heteroatoms. The second kappa shape index (κ2) is 6.46. The molecule has 0 aliphatic carbocycles. The molecule has 4 atom stereocenters. The predicted octanol–water partition coefficient (Wildman–Crippen LogP) is 2.71. The van der Waals surface area contributed by atoms with E-state index in [2.05, 4.69) is 19.2 Å². The third-order valence-electron chi connectivity index (χ3n) is 4.46. The third-order valence-corrected chi connectivity index (χ3v) is 4.46. The van der Waals surface area contributed by atoms with Gasteiger partial charge in [-0.1, -0.05) is 27.2 Å². The topological polar surface area (TPSA) is 69.6 Å². The quantitative estimate of drug-likeness (QED) is 0.834. The molecule has 20 heavy (non-hydrogen) atoms. The van der Waals surface area contributed by atoms with Crippen molar-refractivity contribution in [3.63, 3.8) is 0 Å². The van der Waals surface area contributed by atoms with Crippen LogP contribution < -0.4 is 5.32 Å². The number of urea groups is 1. The summed E-state index contributed by atoms with van der Waals surface area (Å²) in [5.74, 6) is -0.0839. The molecule has 116 valence electrons. The van der Waals surface area contributed by atoms with Crippen molar-refractivity contribution < 1.29 is 14.7 Å². The molecule has 1 aliphatic heterocycles. The fraction of sp³-hybridized carbons (Fsp3) is 0.867. The molecule has 2 N–H and O–H groups in total. The van der Waals surface area contributed by atoms with Crippen LogP contribution in [0, 0.1) is 11.8 Å². The number of carboxylic acids is 1. The monoisotopic (exact) mass is 284 g/mol. The van der Waals surface area contributed by atoms with Gasteiger partial charge >= 0.3 is 12.0 Å². The van der Waals surface area contributed by atoms with E-state index in [9.17, 15) is 14.7 Å². The molecule has 0 aromatic carbocycles. The number of aliphatic carboxylic acids is 1. The van der Waals surface area contributed by atoms with Gasteiger partial charge in [0.05, 0.1) is 0 Å². The number of nitrogens with zero attached hydrogens (tertiary/aromatic N) is 1. The molecule has 1 fully saturated rings. The summed E-state index contributed by atoms with van der Waals surface area (Å²) in [5.41, 5.74) is -1.19. The van der Waals surface area contributed by atoms with Gasteiger partial charge in [-0.25, -0.2) is 9.59 Å². The first-order valence-corrected chi connectivity index (χ1v) is 7.53. The van der Waals surface area contributed by atoms with Crippen molar-refractivity contribution in [3.05, 3.63) is 0 Å². The van der Waals surface area contributed by atoms with Crippen molar-refractivity contribution in [3.8, 4) is 0 Å². The Kier molecular flexibility index (Phi) is 5.42. The number of likely N-dealkylation sites (tertiary alicyclic amines) is 1. The van der Waals surface area contributed by atoms with Crippen molar-refractivity contribution in [2.24, 2.45) is 11.8 Å². The second-order valence-electron chi connectivity index (χ2n) is 6.53. The van der Waals surface area contributed by atoms with Crippen LogP contribution in [0.3, 0.4) is 0 Å². The highest BCUT2D eigenvalue weighted by Gasteiger charge is 2.38. The van der Waals surface area contributed by atoms with Crippen molar-refractivity contribution in [2.75, 3.05) is 6.54 Å². The molecule has 1 saturated heterocycles. The lowest BCUT2D eigenvalue weighted by molar-refractivity contribution is -0.144. The zero-order valence-corrected chi connectivity index (χ0v) is 13.3. The number of piperidine rings is 1. The predicted molar refractivity (Wildman–Crippen MR) is 78.6 cm³/mol. The number of carboxylic acid groups (broad SMARTS) is 1. The minimum atomic E-state index is -1.19. The molecule has 0 spiro atoms. The van der Waals surface area contributed by atoms with Crippen LogP contribution in [0.15, 0.2) is 0 Å². The van der Waals surface area contributed by atoms with Gasteiger partial charge < -0.3 is 15.3 Å². The van der Waals surface area contributed by atoms with Gasteiger partial charge in [-0.3, -0.25) is 0 Å². The van der Waals surface area contributed by atoms with Gasteiger partial charge in [0.25, 0.3) is 0 Å². The number of hydrogen-bond acceptors (Lipinski definition) is 2. The first-order valence-electron chi connectivity index (χ1n) is 7.53. The van der Waals surface area contributed by atoms with Crippen LogP contribution in [0.1, 0.15) is 53.9 Å². The summed E-state index contributed by atoms with van der Waals surface area (Å²) < 4.78 is 0. The number of hydrogen-bond donors (Lipinski definition) is 2. The molecule has 4 unspecified atom stereocenters. The second-order valence-corrected chi connectivity index (χ2v) is 6.53. The normalized spacial score (nSPS) is 29.6. The maximum atomic E-state index is 12.4. The average Bonchev–Trinajstić information content (AvgIpc) is 2.33. The van der Waals surface area contributed by atoms with Crippen LogP contribution in [-0.2, 0) is 4.79 Å². The van der Waals surface area contributed by atoms with Gasteiger partial charge in [-0.2, -0.15) is 0 Å². The Balaban J connectivity index is 2.80. The molecule has 0 aromatic heterocycles. The van der Waals surface area contributed by atoms with E-state index in [4.69, 9.17) is 0 Å². The van der Waals surface area contributed by atoms with Crippen LogP contribution in [0.4, 0.5) is 4.79 Å². The van der Waals surface area contributed by atoms with Gasteiger partial charge in [0, 0.05) is 12.6 Å². The molecular weight excluding hydrogens is 256 g/mol. The summed E-state index contributed by atoms with van der Waals surface area (Å²) in [5, 5.41) is 12.1. The maximum Gasteiger partial charge on any atom is 0.329 e. The van der Waals surface area contributed by atoms with Crippen LogP contribution in [0.5, 0.6) is 0 Å². The van der Waals surface area contributed by atoms with Crippen molar-refractivity contribution in [1.82, 2.24) is 10.2 Å². The van der Waals surface area contributed by atoms with E-state index in [-0.39, 0.29) is 12.1 Å². The first-order chi connectivity index (χ1) is 9.21. The molecule has 0 bridgehead atoms. The van der Waals surface area contributed by atoms with Gasteiger partial charge in [-0.05, 0) is 38.5 Å². The van der Waals surface area contributed by atoms with Crippen molar-refractivity contribution in [1.29, 1.82) is 0 Å². The Morgan fingerprint density at radius 1 is 1.35 bits per heavy atom. The summed E-state index contributed by atoms with van der Waals surface area (Å²) in [6.07, 6.45) is 2.25. The molecule has 1 aliphatic rings. The number of nitrogens with one attached hydrogen (secondary N) is 1. The lowest BCUT2D eigenvalue weighted by Crippen LogP contribution is -2.60. The Bertz CT molecular complexity index is 372. The standard InChI is InChI=1S/C15H28N2O3/c1-6-7-15(5,13(18)19)16-14(20)17-9-10(2)8-11(3)12(17)4/h10-12H,6-9H2,1-5H3,(H,16,20)(H,18,19). The third kappa shape index (κ3) is 3.64. The van der Waals surface area contributed by atoms with Crippen LogP contribution in [0.25, 0.3) is 0 Å². The average molecular weight is 284 g/mol. The molecule has 2 amide bonds. The first kappa shape index (κ1) is 16.8. The largest absolute Gasteiger partial charge is 0.480 e. The molecule has 5 nitrogen and oxygen atoms in total. The van der Waals surface area contributed by atoms with Gasteiger partial charge in [0.15, 0.2) is 0 Å². The highest BCUT2D eigenvalue weighted by molar-refractivity contribution is 5.86. The molecular formula is C15H28N2O3. The highest BCUT2D eigenvalue weighted by Crippen LogP contribution is 2.27. The Morgan fingerprint density at radius 3 is 2.45 bits per heavy atom. The number of rotatable bonds is 4. The van der Waals surface area contributed by atoms with Gasteiger partial charge in [0.2, 0.25) is 0 Å². The number of carbonyl (C=O) groups is 2. The smallest absolute Gasteiger partial charge is 0.329 e. The number of amides is 2. The van der Waals surface area contributed by atoms with E-state index < -0.39 is 11.5 Å². The summed E-state index contributed by atoms with van der Waals surface area (Å²) in [4.78, 5) is 25.6. The van der Waals surface area contributed by atoms with Crippen LogP contribution >= 0.6 is 0 Å². The van der Waals surface area contributed by atoms with Crippen molar-refractivity contribution >= 4 is 12.0 Å². The lowest BCUT2D eigenvalue weighted by atomic mass is 9.86. The lowest BCUT2D eigenvalue weighted by Gasteiger charge is -2.42. The minimum absolute atomic E-state index is 0.144. The van der Waals surface area contributed by atoms with E-state index in [1.165, 1.54) is 0 Å². The molecule has 1 heterocycles. The van der Waals surface area contributed by atoms with E-state index in [1.807, 2.05) is 13.8 Å². The van der Waals surface area contributed by atoms with E-state index in [1.54, 1.807) is 11.8 Å². The molecule has 0 aromatic rings. The van der Waals surface area contributed by atoms with E-state index in [0.717, 1.165) is 6.42 Å². The van der Waals surface area contributed by atoms with E-state index >= 15 is 0 Å². The van der Waals surface area contributed by atoms with Gasteiger partial charge in [0.1, 0.15) is 5.54 Å². The van der Waals surface area contributed by atoms with E-state index in [0.29, 0.717) is 31.2 Å². The van der Waals surface area contributed by atoms with Crippen molar-refractivity contribution in [2.45, 2.75) is 65.5 Å². The Morgan fingerprint density at radius 2 is 1.95 bits per heavy atom. The van der Waals surface area contributed by atoms with Gasteiger partial charge in [-0.15, -0.1) is 0 Å². The fourth-order valence-electron chi connectivity index (χ4n) is 3.01. The summed E-state index contributed by atoms with van der Waals surface area (Å²) in [6.45, 7) is 10.5. The SMILES string of the molecule is CCCC(C)(NC(=O)N1CC(C)CC(C)C1C)C(=O)O. The highest BCUT2D eigenvalue weighted by atomic mass is 16.4. The fourth-order valence-corrected chi connectivity index (χ4v) is 3.01. The molecule has 0 radical (unpaired) electrons. The zero-order valence-electron chi connectivity index (χ0n) is 13.3. The maximum absolute atomic E-state index is 12.4. The minimum Gasteiger partial charge on any atom is -0.480 e. The molecule has 0 saturated carbocycles. The van der Waals surface area contributed by atoms with Crippen LogP contribution in [-0.4, -0.2) is 40.1 Å². The Hall–Kier alpha value is -1.26. The zero-order chi connectivity index (χ0) is 15.5. The molecule has 1 rings (SSSR count). The summed E-state index contributed by atoms with van der Waals surface area (Å²) in [7, 11) is 0. The Labute approximate surface area is 121 Å². The summed E-state index contributed by atoms with van der Waals surface area (Å²) in [6, 6.07) is -0.111. The number of carbonyl (C=O) groups excluding carboxylic acids is 1. The van der Waals surface area contributed by atoms with Crippen LogP contribution in [0.2, 0.25) is 0 Å². The summed E-state index contributed by atoms with van der Waals surface area (Å²) >= 11 is 0.